The van der Waals surface area contributed by atoms with E-state index in [4.69, 9.17) is 9.84 Å². The van der Waals surface area contributed by atoms with Crippen LogP contribution in [0.2, 0.25) is 0 Å². The third-order valence-electron chi connectivity index (χ3n) is 2.83. The SMILES string of the molecule is COc1cc(-c2cccc(CCC(=O)O)c2)ccn1. The molecule has 4 nitrogen and oxygen atoms in total. The quantitative estimate of drug-likeness (QED) is 0.894. The average Bonchev–Trinajstić information content (AvgIpc) is 2.45. The zero-order chi connectivity index (χ0) is 13.7. The first-order chi connectivity index (χ1) is 9.19. The van der Waals surface area contributed by atoms with E-state index in [0.29, 0.717) is 12.3 Å². The minimum Gasteiger partial charge on any atom is -0.481 e. The van der Waals surface area contributed by atoms with E-state index in [1.54, 1.807) is 13.3 Å². The number of nitrogens with zero attached hydrogens (tertiary/aromatic N) is 1. The summed E-state index contributed by atoms with van der Waals surface area (Å²) >= 11 is 0. The molecule has 0 atom stereocenters. The summed E-state index contributed by atoms with van der Waals surface area (Å²) < 4.78 is 5.10. The lowest BCUT2D eigenvalue weighted by molar-refractivity contribution is -0.136. The Hall–Kier alpha value is -2.36. The maximum atomic E-state index is 10.6. The lowest BCUT2D eigenvalue weighted by Gasteiger charge is -2.06. The lowest BCUT2D eigenvalue weighted by atomic mass is 10.0. The van der Waals surface area contributed by atoms with E-state index in [2.05, 4.69) is 4.98 Å². The van der Waals surface area contributed by atoms with Gasteiger partial charge in [-0.1, -0.05) is 24.3 Å². The number of benzene rings is 1. The van der Waals surface area contributed by atoms with Crippen molar-refractivity contribution >= 4 is 5.97 Å². The molecule has 1 aromatic carbocycles. The Kier molecular flexibility index (Phi) is 4.13. The van der Waals surface area contributed by atoms with Crippen LogP contribution in [0.5, 0.6) is 5.88 Å². The lowest BCUT2D eigenvalue weighted by Crippen LogP contribution is -1.97. The number of rotatable bonds is 5. The summed E-state index contributed by atoms with van der Waals surface area (Å²) in [6.45, 7) is 0. The van der Waals surface area contributed by atoms with E-state index in [1.165, 1.54) is 0 Å². The number of methoxy groups -OCH3 is 1. The predicted molar refractivity (Wildman–Crippen MR) is 72.2 cm³/mol. The van der Waals surface area contributed by atoms with E-state index in [1.807, 2.05) is 36.4 Å². The molecule has 0 aliphatic rings. The molecule has 0 saturated carbocycles. The normalized spacial score (nSPS) is 10.2. The molecule has 1 heterocycles. The molecule has 0 unspecified atom stereocenters. The Morgan fingerprint density at radius 2 is 2.05 bits per heavy atom. The standard InChI is InChI=1S/C15H15NO3/c1-19-14-10-13(7-8-16-14)12-4-2-3-11(9-12)5-6-15(17)18/h2-4,7-10H,5-6H2,1H3,(H,17,18). The van der Waals surface area contributed by atoms with Gasteiger partial charge in [-0.05, 0) is 29.2 Å². The number of hydrogen-bond donors (Lipinski definition) is 1. The minimum atomic E-state index is -0.781. The number of hydrogen-bond acceptors (Lipinski definition) is 3. The second-order valence-electron chi connectivity index (χ2n) is 4.18. The number of carboxylic acids is 1. The summed E-state index contributed by atoms with van der Waals surface area (Å²) in [6.07, 6.45) is 2.37. The van der Waals surface area contributed by atoms with Gasteiger partial charge in [-0.3, -0.25) is 4.79 Å². The van der Waals surface area contributed by atoms with Crippen molar-refractivity contribution in [2.24, 2.45) is 0 Å². The first-order valence-corrected chi connectivity index (χ1v) is 6.00. The number of ether oxygens (including phenoxy) is 1. The van der Waals surface area contributed by atoms with Crippen LogP contribution in [-0.4, -0.2) is 23.2 Å². The van der Waals surface area contributed by atoms with Gasteiger partial charge in [0.1, 0.15) is 0 Å². The smallest absolute Gasteiger partial charge is 0.303 e. The van der Waals surface area contributed by atoms with Gasteiger partial charge in [0.2, 0.25) is 5.88 Å². The maximum absolute atomic E-state index is 10.6. The molecule has 0 fully saturated rings. The van der Waals surface area contributed by atoms with Gasteiger partial charge in [-0.25, -0.2) is 4.98 Å². The number of carboxylic acid groups (broad SMARTS) is 1. The summed E-state index contributed by atoms with van der Waals surface area (Å²) in [4.78, 5) is 14.7. The van der Waals surface area contributed by atoms with Crippen LogP contribution in [0.15, 0.2) is 42.6 Å². The molecule has 4 heteroatoms. The molecule has 0 amide bonds. The van der Waals surface area contributed by atoms with Crippen molar-refractivity contribution < 1.29 is 14.6 Å². The Balaban J connectivity index is 2.24. The zero-order valence-electron chi connectivity index (χ0n) is 10.7. The maximum Gasteiger partial charge on any atom is 0.303 e. The fraction of sp³-hybridized carbons (Fsp3) is 0.200. The largest absolute Gasteiger partial charge is 0.481 e. The van der Waals surface area contributed by atoms with Crippen LogP contribution in [-0.2, 0) is 11.2 Å². The summed E-state index contributed by atoms with van der Waals surface area (Å²) in [7, 11) is 1.58. The molecule has 0 aliphatic heterocycles. The number of carbonyl (C=O) groups is 1. The van der Waals surface area contributed by atoms with Crippen LogP contribution in [0.1, 0.15) is 12.0 Å². The number of aryl methyl sites for hydroxylation is 1. The molecule has 0 bridgehead atoms. The van der Waals surface area contributed by atoms with Gasteiger partial charge >= 0.3 is 5.97 Å². The minimum absolute atomic E-state index is 0.142. The van der Waals surface area contributed by atoms with E-state index in [-0.39, 0.29) is 6.42 Å². The third-order valence-corrected chi connectivity index (χ3v) is 2.83. The van der Waals surface area contributed by atoms with Gasteiger partial charge in [0, 0.05) is 18.7 Å². The monoisotopic (exact) mass is 257 g/mol. The summed E-state index contributed by atoms with van der Waals surface area (Å²) in [6, 6.07) is 11.6. The highest BCUT2D eigenvalue weighted by atomic mass is 16.5. The molecule has 0 saturated heterocycles. The molecule has 0 spiro atoms. The zero-order valence-corrected chi connectivity index (χ0v) is 10.7. The number of aliphatic carboxylic acids is 1. The Morgan fingerprint density at radius 1 is 1.26 bits per heavy atom. The highest BCUT2D eigenvalue weighted by Gasteiger charge is 2.03. The molecule has 0 aliphatic carbocycles. The molecule has 2 rings (SSSR count). The van der Waals surface area contributed by atoms with Gasteiger partial charge in [0.05, 0.1) is 7.11 Å². The summed E-state index contributed by atoms with van der Waals surface area (Å²) in [5.41, 5.74) is 3.04. The fourth-order valence-corrected chi connectivity index (χ4v) is 1.86. The first-order valence-electron chi connectivity index (χ1n) is 6.00. The molecular weight excluding hydrogens is 242 g/mol. The van der Waals surface area contributed by atoms with E-state index < -0.39 is 5.97 Å². The van der Waals surface area contributed by atoms with Crippen molar-refractivity contribution in [2.75, 3.05) is 7.11 Å². The van der Waals surface area contributed by atoms with E-state index in [9.17, 15) is 4.79 Å². The Morgan fingerprint density at radius 3 is 2.79 bits per heavy atom. The molecular formula is C15H15NO3. The van der Waals surface area contributed by atoms with Crippen LogP contribution in [0.3, 0.4) is 0 Å². The van der Waals surface area contributed by atoms with Crippen LogP contribution in [0.4, 0.5) is 0 Å². The van der Waals surface area contributed by atoms with Gasteiger partial charge in [-0.15, -0.1) is 0 Å². The van der Waals surface area contributed by atoms with Gasteiger partial charge in [-0.2, -0.15) is 0 Å². The Bertz CT molecular complexity index is 581. The van der Waals surface area contributed by atoms with E-state index >= 15 is 0 Å². The van der Waals surface area contributed by atoms with Gasteiger partial charge in [0.25, 0.3) is 0 Å². The van der Waals surface area contributed by atoms with Crippen LogP contribution in [0, 0.1) is 0 Å². The highest BCUT2D eigenvalue weighted by Crippen LogP contribution is 2.23. The predicted octanol–water partition coefficient (Wildman–Crippen LogP) is 2.77. The van der Waals surface area contributed by atoms with Crippen molar-refractivity contribution in [1.82, 2.24) is 4.98 Å². The molecule has 2 aromatic rings. The Labute approximate surface area is 111 Å². The topological polar surface area (TPSA) is 59.4 Å². The number of pyridine rings is 1. The van der Waals surface area contributed by atoms with E-state index in [0.717, 1.165) is 16.7 Å². The van der Waals surface area contributed by atoms with Crippen molar-refractivity contribution in [3.8, 4) is 17.0 Å². The van der Waals surface area contributed by atoms with Crippen LogP contribution >= 0.6 is 0 Å². The highest BCUT2D eigenvalue weighted by molar-refractivity contribution is 5.68. The van der Waals surface area contributed by atoms with Crippen molar-refractivity contribution in [3.63, 3.8) is 0 Å². The van der Waals surface area contributed by atoms with Gasteiger partial charge in [0.15, 0.2) is 0 Å². The fourth-order valence-electron chi connectivity index (χ4n) is 1.86. The average molecular weight is 257 g/mol. The van der Waals surface area contributed by atoms with Crippen molar-refractivity contribution in [1.29, 1.82) is 0 Å². The molecule has 1 N–H and O–H groups in total. The molecule has 0 radical (unpaired) electrons. The molecule has 98 valence electrons. The van der Waals surface area contributed by atoms with Gasteiger partial charge < -0.3 is 9.84 Å². The van der Waals surface area contributed by atoms with Crippen LogP contribution < -0.4 is 4.74 Å². The second-order valence-corrected chi connectivity index (χ2v) is 4.18. The first kappa shape index (κ1) is 13.1. The van der Waals surface area contributed by atoms with Crippen molar-refractivity contribution in [3.05, 3.63) is 48.2 Å². The molecule has 19 heavy (non-hydrogen) atoms. The van der Waals surface area contributed by atoms with Crippen LogP contribution in [0.25, 0.3) is 11.1 Å². The summed E-state index contributed by atoms with van der Waals surface area (Å²) in [5, 5.41) is 8.70. The number of aromatic nitrogens is 1. The summed E-state index contributed by atoms with van der Waals surface area (Å²) in [5.74, 6) is -0.218. The van der Waals surface area contributed by atoms with Crippen molar-refractivity contribution in [2.45, 2.75) is 12.8 Å². The molecule has 1 aromatic heterocycles. The third kappa shape index (κ3) is 3.55. The second kappa shape index (κ2) is 6.00.